The Labute approximate surface area is 121 Å². The monoisotopic (exact) mass is 262 g/mol. The molecule has 0 aromatic heterocycles. The molecular formula is C9H24N2NaO3P. The Bertz CT molecular complexity index is 175. The molecule has 0 rings (SSSR count). The van der Waals surface area contributed by atoms with Crippen molar-refractivity contribution < 1.29 is 13.6 Å². The predicted octanol–water partition coefficient (Wildman–Crippen LogP) is 0.975. The molecule has 0 aromatic rings. The molecule has 94 valence electrons. The molecule has 0 heterocycles. The van der Waals surface area contributed by atoms with Gasteiger partial charge in [0.2, 0.25) is 0 Å². The third-order valence-corrected chi connectivity index (χ3v) is 2.80. The summed E-state index contributed by atoms with van der Waals surface area (Å²) in [6, 6.07) is 0. The molecule has 7 heteroatoms. The summed E-state index contributed by atoms with van der Waals surface area (Å²) in [6.07, 6.45) is 4.02. The molecule has 0 aliphatic rings. The van der Waals surface area contributed by atoms with Crippen molar-refractivity contribution in [3.63, 3.8) is 0 Å². The normalized spacial score (nSPS) is 14.2. The summed E-state index contributed by atoms with van der Waals surface area (Å²) in [7, 11) is -2.39. The zero-order valence-corrected chi connectivity index (χ0v) is 10.4. The van der Waals surface area contributed by atoms with E-state index in [2.05, 4.69) is 0 Å². The van der Waals surface area contributed by atoms with Gasteiger partial charge in [-0.1, -0.05) is 13.3 Å². The molecule has 0 bridgehead atoms. The van der Waals surface area contributed by atoms with Gasteiger partial charge in [-0.05, 0) is 32.2 Å². The second-order valence-electron chi connectivity index (χ2n) is 3.39. The van der Waals surface area contributed by atoms with Crippen LogP contribution in [0.25, 0.3) is 0 Å². The van der Waals surface area contributed by atoms with Gasteiger partial charge >= 0.3 is 37.8 Å². The van der Waals surface area contributed by atoms with Gasteiger partial charge in [0.15, 0.2) is 0 Å². The second kappa shape index (κ2) is 14.1. The van der Waals surface area contributed by atoms with Crippen molar-refractivity contribution >= 4 is 37.8 Å². The maximum atomic E-state index is 11.1. The van der Waals surface area contributed by atoms with E-state index in [1.54, 1.807) is 0 Å². The summed E-state index contributed by atoms with van der Waals surface area (Å²) in [5.41, 5.74) is 11.0. The van der Waals surface area contributed by atoms with Crippen LogP contribution in [0.1, 0.15) is 39.0 Å². The van der Waals surface area contributed by atoms with Gasteiger partial charge in [0.1, 0.15) is 6.23 Å². The summed E-state index contributed by atoms with van der Waals surface area (Å²) in [5.74, 6) is 0. The average molecular weight is 262 g/mol. The van der Waals surface area contributed by atoms with E-state index in [-0.39, 0.29) is 29.6 Å². The van der Waals surface area contributed by atoms with Crippen LogP contribution in [-0.4, -0.2) is 48.9 Å². The van der Waals surface area contributed by atoms with Crippen LogP contribution in [0.2, 0.25) is 0 Å². The van der Waals surface area contributed by atoms with Crippen molar-refractivity contribution in [3.05, 3.63) is 0 Å². The van der Waals surface area contributed by atoms with Crippen LogP contribution in [0.3, 0.4) is 0 Å². The van der Waals surface area contributed by atoms with E-state index in [0.29, 0.717) is 19.6 Å². The van der Waals surface area contributed by atoms with E-state index in [9.17, 15) is 4.57 Å². The third-order valence-electron chi connectivity index (χ3n) is 1.86. The summed E-state index contributed by atoms with van der Waals surface area (Å²) < 4.78 is 21.1. The quantitative estimate of drug-likeness (QED) is 0.265. The van der Waals surface area contributed by atoms with Crippen LogP contribution < -0.4 is 11.5 Å². The summed E-state index contributed by atoms with van der Waals surface area (Å²) in [4.78, 5) is 0. The Balaban J connectivity index is 0. The van der Waals surface area contributed by atoms with E-state index >= 15 is 0 Å². The summed E-state index contributed by atoms with van der Waals surface area (Å²) in [6.45, 7) is 3.10. The van der Waals surface area contributed by atoms with Crippen molar-refractivity contribution in [2.24, 2.45) is 11.5 Å². The van der Waals surface area contributed by atoms with Crippen LogP contribution >= 0.6 is 8.25 Å². The first kappa shape index (κ1) is 19.4. The van der Waals surface area contributed by atoms with Crippen LogP contribution in [0.4, 0.5) is 0 Å². The van der Waals surface area contributed by atoms with Gasteiger partial charge in [-0.2, -0.15) is 0 Å². The van der Waals surface area contributed by atoms with Gasteiger partial charge in [-0.15, -0.1) is 0 Å². The number of rotatable bonds is 10. The standard InChI is InChI=1S/C9H23N2O3P.Na.H/c1-2-8-13-15(12)14-9(11)6-4-3-5-7-10;;/h9,15H,2-8,10-11H2,1H3;;. The molecule has 0 amide bonds. The second-order valence-corrected chi connectivity index (χ2v) is 4.42. The van der Waals surface area contributed by atoms with Crippen LogP contribution in [-0.2, 0) is 13.6 Å². The molecule has 0 spiro atoms. The van der Waals surface area contributed by atoms with Crippen LogP contribution in [0.5, 0.6) is 0 Å². The fourth-order valence-corrected chi connectivity index (χ4v) is 1.87. The van der Waals surface area contributed by atoms with E-state index < -0.39 is 14.5 Å². The first-order valence-corrected chi connectivity index (χ1v) is 6.72. The van der Waals surface area contributed by atoms with Gasteiger partial charge in [-0.3, -0.25) is 9.09 Å². The predicted molar refractivity (Wildman–Crippen MR) is 69.0 cm³/mol. The van der Waals surface area contributed by atoms with Gasteiger partial charge in [0.25, 0.3) is 0 Å². The number of hydrogen-bond acceptors (Lipinski definition) is 5. The molecule has 0 fully saturated rings. The zero-order chi connectivity index (χ0) is 11.5. The Kier molecular flexibility index (Phi) is 17.1. The van der Waals surface area contributed by atoms with Gasteiger partial charge < -0.3 is 16.0 Å². The molecule has 0 saturated heterocycles. The maximum absolute atomic E-state index is 11.1. The van der Waals surface area contributed by atoms with Crippen molar-refractivity contribution in [2.45, 2.75) is 45.3 Å². The van der Waals surface area contributed by atoms with Crippen molar-refractivity contribution in [2.75, 3.05) is 13.2 Å². The Morgan fingerprint density at radius 1 is 1.31 bits per heavy atom. The Morgan fingerprint density at radius 2 is 2.00 bits per heavy atom. The first-order valence-electron chi connectivity index (χ1n) is 5.49. The van der Waals surface area contributed by atoms with Gasteiger partial charge in [0.05, 0.1) is 6.61 Å². The molecule has 2 atom stereocenters. The molecular weight excluding hydrogens is 238 g/mol. The van der Waals surface area contributed by atoms with Crippen molar-refractivity contribution in [1.82, 2.24) is 0 Å². The molecule has 0 radical (unpaired) electrons. The molecule has 2 unspecified atom stereocenters. The molecule has 0 aliphatic heterocycles. The fourth-order valence-electron chi connectivity index (χ4n) is 1.07. The SMILES string of the molecule is CCCO[PH](=O)OC(N)CCCCCN.[NaH]. The van der Waals surface area contributed by atoms with Crippen LogP contribution in [0.15, 0.2) is 0 Å². The molecule has 4 N–H and O–H groups in total. The van der Waals surface area contributed by atoms with E-state index in [4.69, 9.17) is 20.5 Å². The summed E-state index contributed by atoms with van der Waals surface area (Å²) >= 11 is 0. The minimum atomic E-state index is -2.39. The topological polar surface area (TPSA) is 87.6 Å². The zero-order valence-electron chi connectivity index (χ0n) is 9.41. The first-order chi connectivity index (χ1) is 7.20. The molecule has 16 heavy (non-hydrogen) atoms. The molecule has 0 aromatic carbocycles. The Morgan fingerprint density at radius 3 is 2.56 bits per heavy atom. The molecule has 0 aliphatic carbocycles. The van der Waals surface area contributed by atoms with Crippen molar-refractivity contribution in [1.29, 1.82) is 0 Å². The van der Waals surface area contributed by atoms with E-state index in [1.807, 2.05) is 6.92 Å². The Hall–Kier alpha value is 1.07. The number of unbranched alkanes of at least 4 members (excludes halogenated alkanes) is 2. The van der Waals surface area contributed by atoms with E-state index in [0.717, 1.165) is 25.7 Å². The summed E-state index contributed by atoms with van der Waals surface area (Å²) in [5, 5.41) is 0. The van der Waals surface area contributed by atoms with Gasteiger partial charge in [0, 0.05) is 0 Å². The number of hydrogen-bond donors (Lipinski definition) is 2. The number of nitrogens with two attached hydrogens (primary N) is 2. The third kappa shape index (κ3) is 13.1. The molecule has 0 saturated carbocycles. The average Bonchev–Trinajstić information content (AvgIpc) is 2.21. The van der Waals surface area contributed by atoms with E-state index in [1.165, 1.54) is 0 Å². The van der Waals surface area contributed by atoms with Crippen molar-refractivity contribution in [3.8, 4) is 0 Å². The molecule has 5 nitrogen and oxygen atoms in total. The minimum absolute atomic E-state index is 0. The van der Waals surface area contributed by atoms with Gasteiger partial charge in [-0.25, -0.2) is 0 Å². The fraction of sp³-hybridized carbons (Fsp3) is 1.00. The van der Waals surface area contributed by atoms with Crippen LogP contribution in [0, 0.1) is 0 Å².